The molecule has 0 aliphatic rings. The van der Waals surface area contributed by atoms with Crippen molar-refractivity contribution >= 4 is 5.97 Å². The van der Waals surface area contributed by atoms with Crippen molar-refractivity contribution in [3.63, 3.8) is 0 Å². The fourth-order valence-electron chi connectivity index (χ4n) is 1.83. The smallest absolute Gasteiger partial charge is 0.331 e. The van der Waals surface area contributed by atoms with Gasteiger partial charge < -0.3 is 9.63 Å². The van der Waals surface area contributed by atoms with Crippen LogP contribution in [0.25, 0.3) is 0 Å². The molecule has 21 heavy (non-hydrogen) atoms. The van der Waals surface area contributed by atoms with E-state index in [1.54, 1.807) is 0 Å². The summed E-state index contributed by atoms with van der Waals surface area (Å²) >= 11 is 0. The molecule has 0 aliphatic carbocycles. The number of aryl methyl sites for hydroxylation is 1. The van der Waals surface area contributed by atoms with Crippen LogP contribution in [-0.4, -0.2) is 27.6 Å². The molecule has 0 atom stereocenters. The minimum Gasteiger partial charge on any atom is -0.478 e. The van der Waals surface area contributed by atoms with Crippen molar-refractivity contribution in [3.05, 3.63) is 23.9 Å². The van der Waals surface area contributed by atoms with Gasteiger partial charge in [0.1, 0.15) is 0 Å². The number of hydrogen-bond donors (Lipinski definition) is 1. The van der Waals surface area contributed by atoms with Gasteiger partial charge in [-0.1, -0.05) is 31.0 Å². The molecular weight excluding hydrogens is 282 g/mol. The summed E-state index contributed by atoms with van der Waals surface area (Å²) in [7, 11) is 0. The van der Waals surface area contributed by atoms with Gasteiger partial charge in [-0.3, -0.25) is 0 Å². The summed E-state index contributed by atoms with van der Waals surface area (Å²) in [6.45, 7) is 3.39. The van der Waals surface area contributed by atoms with E-state index in [0.717, 1.165) is 25.7 Å². The molecule has 1 N–H and O–H groups in total. The van der Waals surface area contributed by atoms with Gasteiger partial charge in [0, 0.05) is 18.4 Å². The molecule has 1 heterocycles. The maximum absolute atomic E-state index is 11.9. The minimum absolute atomic E-state index is 0.00392. The topological polar surface area (TPSA) is 76.2 Å². The van der Waals surface area contributed by atoms with Crippen LogP contribution in [0.3, 0.4) is 0 Å². The molecule has 1 aromatic heterocycles. The number of alkyl halides is 2. The highest BCUT2D eigenvalue weighted by Gasteiger charge is 2.11. The Morgan fingerprint density at radius 2 is 1.90 bits per heavy atom. The molecule has 7 heteroatoms. The van der Waals surface area contributed by atoms with E-state index >= 15 is 0 Å². The van der Waals surface area contributed by atoms with Crippen molar-refractivity contribution in [2.45, 2.75) is 57.8 Å². The van der Waals surface area contributed by atoms with Gasteiger partial charge in [0.25, 0.3) is 0 Å². The lowest BCUT2D eigenvalue weighted by atomic mass is 10.1. The van der Waals surface area contributed by atoms with Gasteiger partial charge in [0.2, 0.25) is 12.3 Å². The van der Waals surface area contributed by atoms with Crippen LogP contribution in [0.5, 0.6) is 0 Å². The first kappa shape index (κ1) is 17.3. The number of unbranched alkanes of at least 4 members (excludes halogenated alkanes) is 4. The number of carbonyl (C=O) groups is 1. The number of nitrogens with zero attached hydrogens (tertiary/aromatic N) is 2. The Bertz CT molecular complexity index is 461. The van der Waals surface area contributed by atoms with Gasteiger partial charge in [0.05, 0.1) is 6.42 Å². The van der Waals surface area contributed by atoms with E-state index in [0.29, 0.717) is 18.7 Å². The summed E-state index contributed by atoms with van der Waals surface area (Å²) in [5.41, 5.74) is 0.00392. The van der Waals surface area contributed by atoms with Gasteiger partial charge in [-0.2, -0.15) is 4.98 Å². The number of aliphatic carboxylic acids is 1. The molecular formula is C14H20F2N2O3. The van der Waals surface area contributed by atoms with E-state index in [1.165, 1.54) is 0 Å². The standard InChI is InChI=1S/C14H20F2N2O3/c1-10(14(19)20)9-13-17-12(18-21-13)8-6-4-2-3-5-7-11(15)16/h11H,1-9H2,(H,19,20). The number of aromatic nitrogens is 2. The zero-order chi connectivity index (χ0) is 15.7. The number of carboxylic acids is 1. The van der Waals surface area contributed by atoms with E-state index < -0.39 is 12.4 Å². The van der Waals surface area contributed by atoms with Crippen molar-refractivity contribution in [1.29, 1.82) is 0 Å². The molecule has 0 saturated carbocycles. The van der Waals surface area contributed by atoms with Crippen LogP contribution in [0.1, 0.15) is 50.2 Å². The fourth-order valence-corrected chi connectivity index (χ4v) is 1.83. The lowest BCUT2D eigenvalue weighted by Gasteiger charge is -2.00. The summed E-state index contributed by atoms with van der Waals surface area (Å²) in [4.78, 5) is 14.7. The van der Waals surface area contributed by atoms with E-state index in [1.807, 2.05) is 0 Å². The van der Waals surface area contributed by atoms with Crippen LogP contribution in [0.4, 0.5) is 8.78 Å². The molecule has 0 radical (unpaired) electrons. The van der Waals surface area contributed by atoms with Crippen LogP contribution in [0.2, 0.25) is 0 Å². The second kappa shape index (κ2) is 9.20. The molecule has 0 aromatic carbocycles. The molecule has 0 saturated heterocycles. The van der Waals surface area contributed by atoms with Gasteiger partial charge in [-0.25, -0.2) is 13.6 Å². The first-order chi connectivity index (χ1) is 9.99. The van der Waals surface area contributed by atoms with Gasteiger partial charge in [0.15, 0.2) is 5.82 Å². The summed E-state index contributed by atoms with van der Waals surface area (Å²) in [5.74, 6) is -0.302. The van der Waals surface area contributed by atoms with Crippen LogP contribution in [0, 0.1) is 0 Å². The summed E-state index contributed by atoms with van der Waals surface area (Å²) in [5, 5.41) is 12.5. The molecule has 1 rings (SSSR count). The van der Waals surface area contributed by atoms with Crippen LogP contribution >= 0.6 is 0 Å². The third-order valence-corrected chi connectivity index (χ3v) is 3.00. The molecule has 0 amide bonds. The second-order valence-corrected chi connectivity index (χ2v) is 4.89. The van der Waals surface area contributed by atoms with E-state index in [2.05, 4.69) is 16.7 Å². The number of carboxylic acid groups (broad SMARTS) is 1. The summed E-state index contributed by atoms with van der Waals surface area (Å²) in [6.07, 6.45) is 2.50. The highest BCUT2D eigenvalue weighted by Crippen LogP contribution is 2.12. The monoisotopic (exact) mass is 302 g/mol. The van der Waals surface area contributed by atoms with Crippen molar-refractivity contribution in [2.24, 2.45) is 0 Å². The zero-order valence-corrected chi connectivity index (χ0v) is 11.9. The predicted molar refractivity (Wildman–Crippen MR) is 72.2 cm³/mol. The molecule has 118 valence electrons. The molecule has 0 fully saturated rings. The average molecular weight is 302 g/mol. The molecule has 1 aromatic rings. The van der Waals surface area contributed by atoms with Crippen molar-refractivity contribution in [3.8, 4) is 0 Å². The quantitative estimate of drug-likeness (QED) is 0.501. The third kappa shape index (κ3) is 7.53. The number of hydrogen-bond acceptors (Lipinski definition) is 4. The van der Waals surface area contributed by atoms with Crippen LogP contribution in [0.15, 0.2) is 16.7 Å². The Morgan fingerprint density at radius 3 is 2.57 bits per heavy atom. The third-order valence-electron chi connectivity index (χ3n) is 3.00. The Morgan fingerprint density at radius 1 is 1.24 bits per heavy atom. The lowest BCUT2D eigenvalue weighted by molar-refractivity contribution is -0.132. The molecule has 0 spiro atoms. The zero-order valence-electron chi connectivity index (χ0n) is 11.9. The molecule has 0 bridgehead atoms. The van der Waals surface area contributed by atoms with Gasteiger partial charge >= 0.3 is 5.97 Å². The Kier molecular flexibility index (Phi) is 7.56. The average Bonchev–Trinajstić information content (AvgIpc) is 2.84. The van der Waals surface area contributed by atoms with Crippen molar-refractivity contribution in [2.75, 3.05) is 0 Å². The van der Waals surface area contributed by atoms with Crippen molar-refractivity contribution in [1.82, 2.24) is 10.1 Å². The predicted octanol–water partition coefficient (Wildman–Crippen LogP) is 3.40. The summed E-state index contributed by atoms with van der Waals surface area (Å²) in [6, 6.07) is 0. The van der Waals surface area contributed by atoms with E-state index in [4.69, 9.17) is 9.63 Å². The number of halogens is 2. The van der Waals surface area contributed by atoms with Crippen LogP contribution in [-0.2, 0) is 17.6 Å². The largest absolute Gasteiger partial charge is 0.478 e. The Hall–Kier alpha value is -1.79. The fraction of sp³-hybridized carbons (Fsp3) is 0.643. The Labute approximate surface area is 122 Å². The minimum atomic E-state index is -2.21. The lowest BCUT2D eigenvalue weighted by Crippen LogP contribution is -2.02. The first-order valence-corrected chi connectivity index (χ1v) is 6.99. The first-order valence-electron chi connectivity index (χ1n) is 6.99. The normalized spacial score (nSPS) is 11.0. The maximum atomic E-state index is 11.9. The van der Waals surface area contributed by atoms with Gasteiger partial charge in [-0.15, -0.1) is 0 Å². The molecule has 5 nitrogen and oxygen atoms in total. The summed E-state index contributed by atoms with van der Waals surface area (Å²) < 4.78 is 28.7. The molecule has 0 aliphatic heterocycles. The molecule has 0 unspecified atom stereocenters. The van der Waals surface area contributed by atoms with Crippen LogP contribution < -0.4 is 0 Å². The van der Waals surface area contributed by atoms with E-state index in [9.17, 15) is 13.6 Å². The maximum Gasteiger partial charge on any atom is 0.331 e. The van der Waals surface area contributed by atoms with Crippen molar-refractivity contribution < 1.29 is 23.2 Å². The highest BCUT2D eigenvalue weighted by atomic mass is 19.3. The second-order valence-electron chi connectivity index (χ2n) is 4.89. The number of rotatable bonds is 11. The van der Waals surface area contributed by atoms with E-state index in [-0.39, 0.29) is 24.3 Å². The Balaban J connectivity index is 2.14. The highest BCUT2D eigenvalue weighted by molar-refractivity contribution is 5.86. The SMILES string of the molecule is C=C(Cc1nc(CCCCCCCC(F)F)no1)C(=O)O. The van der Waals surface area contributed by atoms with Gasteiger partial charge in [-0.05, 0) is 12.8 Å².